The third-order valence-corrected chi connectivity index (χ3v) is 6.65. The minimum Gasteiger partial charge on any atom is -0.469 e. The summed E-state index contributed by atoms with van der Waals surface area (Å²) in [5.74, 6) is -1.04. The smallest absolute Gasteiger partial charge is 0.311 e. The van der Waals surface area contributed by atoms with Crippen molar-refractivity contribution in [1.29, 1.82) is 0 Å². The Morgan fingerprint density at radius 3 is 2.70 bits per heavy atom. The van der Waals surface area contributed by atoms with E-state index in [0.29, 0.717) is 19.4 Å². The van der Waals surface area contributed by atoms with Crippen LogP contribution < -0.4 is 0 Å². The fraction of sp³-hybridized carbons (Fsp3) is 0.600. The van der Waals surface area contributed by atoms with Crippen LogP contribution in [-0.4, -0.2) is 76.6 Å². The standard InChI is InChI=1S/C20H26N4O5S/c1-27-9-10-29-24-18(25)12-15(19(26)28-2)20(24)5-7-23(8-6-20)13-14-3-4-16-17(11-14)22-30-21-16/h3-4,11,15H,5-10,12-13H2,1-2H3. The van der Waals surface area contributed by atoms with E-state index in [1.807, 2.05) is 6.07 Å². The van der Waals surface area contributed by atoms with Gasteiger partial charge in [0.25, 0.3) is 0 Å². The predicted octanol–water partition coefficient (Wildman–Crippen LogP) is 1.63. The average molecular weight is 435 g/mol. The molecule has 162 valence electrons. The number of likely N-dealkylation sites (tertiary alicyclic amines) is 1. The Morgan fingerprint density at radius 2 is 1.97 bits per heavy atom. The van der Waals surface area contributed by atoms with E-state index >= 15 is 0 Å². The lowest BCUT2D eigenvalue weighted by Crippen LogP contribution is -2.57. The molecule has 2 aromatic rings. The van der Waals surface area contributed by atoms with Gasteiger partial charge in [0, 0.05) is 33.2 Å². The van der Waals surface area contributed by atoms with Crippen molar-refractivity contribution in [3.8, 4) is 0 Å². The first kappa shape index (κ1) is 21.1. The molecule has 0 bridgehead atoms. The van der Waals surface area contributed by atoms with E-state index in [0.717, 1.165) is 30.7 Å². The molecule has 0 saturated carbocycles. The summed E-state index contributed by atoms with van der Waals surface area (Å²) < 4.78 is 18.6. The molecule has 1 aromatic heterocycles. The number of aromatic nitrogens is 2. The molecule has 0 radical (unpaired) electrons. The Balaban J connectivity index is 1.47. The molecule has 4 rings (SSSR count). The summed E-state index contributed by atoms with van der Waals surface area (Å²) in [5.41, 5.74) is 2.33. The normalized spacial score (nSPS) is 21.6. The second-order valence-corrected chi connectivity index (χ2v) is 8.29. The van der Waals surface area contributed by atoms with Crippen LogP contribution in [0, 0.1) is 5.92 Å². The zero-order chi connectivity index (χ0) is 21.1. The van der Waals surface area contributed by atoms with Gasteiger partial charge < -0.3 is 9.47 Å². The molecule has 0 aliphatic carbocycles. The molecule has 2 aliphatic rings. The number of benzene rings is 1. The number of esters is 1. The van der Waals surface area contributed by atoms with Gasteiger partial charge in [0.1, 0.15) is 11.0 Å². The van der Waals surface area contributed by atoms with Gasteiger partial charge >= 0.3 is 5.97 Å². The summed E-state index contributed by atoms with van der Waals surface area (Å²) >= 11 is 1.22. The zero-order valence-corrected chi connectivity index (χ0v) is 18.0. The molecule has 1 spiro atoms. The van der Waals surface area contributed by atoms with Crippen molar-refractivity contribution < 1.29 is 23.9 Å². The number of hydrogen-bond donors (Lipinski definition) is 0. The highest BCUT2D eigenvalue weighted by atomic mass is 32.1. The van der Waals surface area contributed by atoms with E-state index in [9.17, 15) is 9.59 Å². The number of methoxy groups -OCH3 is 2. The van der Waals surface area contributed by atoms with Gasteiger partial charge in [-0.15, -0.1) is 0 Å². The summed E-state index contributed by atoms with van der Waals surface area (Å²) in [7, 11) is 2.95. The highest BCUT2D eigenvalue weighted by Crippen LogP contribution is 2.44. The molecule has 30 heavy (non-hydrogen) atoms. The fourth-order valence-electron chi connectivity index (χ4n) is 4.53. The molecule has 3 heterocycles. The van der Waals surface area contributed by atoms with Crippen LogP contribution in [0.3, 0.4) is 0 Å². The maximum Gasteiger partial charge on any atom is 0.311 e. The topological polar surface area (TPSA) is 94.1 Å². The summed E-state index contributed by atoms with van der Waals surface area (Å²) in [6.45, 7) is 2.92. The maximum atomic E-state index is 12.7. The number of hydroxylamine groups is 2. The highest BCUT2D eigenvalue weighted by molar-refractivity contribution is 7.00. The summed E-state index contributed by atoms with van der Waals surface area (Å²) in [4.78, 5) is 33.3. The Bertz CT molecular complexity index is 911. The van der Waals surface area contributed by atoms with E-state index < -0.39 is 11.5 Å². The van der Waals surface area contributed by atoms with Crippen molar-refractivity contribution in [3.63, 3.8) is 0 Å². The quantitative estimate of drug-likeness (QED) is 0.479. The van der Waals surface area contributed by atoms with E-state index in [4.69, 9.17) is 14.3 Å². The largest absolute Gasteiger partial charge is 0.469 e. The SMILES string of the molecule is COCCON1C(=O)CC(C(=O)OC)C12CCN(Cc1ccc3nsnc3c1)CC2. The van der Waals surface area contributed by atoms with Crippen LogP contribution in [0.25, 0.3) is 11.0 Å². The van der Waals surface area contributed by atoms with Crippen LogP contribution in [0.15, 0.2) is 18.2 Å². The molecule has 2 saturated heterocycles. The minimum absolute atomic E-state index is 0.118. The number of rotatable bonds is 7. The molecule has 10 heteroatoms. The van der Waals surface area contributed by atoms with Gasteiger partial charge in [0.2, 0.25) is 5.91 Å². The molecule has 1 unspecified atom stereocenters. The van der Waals surface area contributed by atoms with Crippen LogP contribution in [-0.2, 0) is 30.4 Å². The first-order chi connectivity index (χ1) is 14.6. The Hall–Kier alpha value is -2.14. The van der Waals surface area contributed by atoms with Gasteiger partial charge in [-0.1, -0.05) is 6.07 Å². The monoisotopic (exact) mass is 434 g/mol. The molecule has 1 atom stereocenters. The van der Waals surface area contributed by atoms with Gasteiger partial charge in [-0.05, 0) is 30.5 Å². The van der Waals surface area contributed by atoms with E-state index in [2.05, 4.69) is 25.8 Å². The van der Waals surface area contributed by atoms with Crippen molar-refractivity contribution in [3.05, 3.63) is 23.8 Å². The van der Waals surface area contributed by atoms with E-state index in [1.54, 1.807) is 7.11 Å². The number of piperidine rings is 1. The zero-order valence-electron chi connectivity index (χ0n) is 17.2. The van der Waals surface area contributed by atoms with Crippen LogP contribution in [0.5, 0.6) is 0 Å². The number of nitrogens with zero attached hydrogens (tertiary/aromatic N) is 4. The average Bonchev–Trinajstić information content (AvgIpc) is 3.33. The number of fused-ring (bicyclic) bond motifs is 1. The summed E-state index contributed by atoms with van der Waals surface area (Å²) in [6, 6.07) is 6.14. The molecular weight excluding hydrogens is 408 g/mol. The number of carbonyl (C=O) groups is 2. The third kappa shape index (κ3) is 3.92. The van der Waals surface area contributed by atoms with Crippen molar-refractivity contribution in [2.45, 2.75) is 31.3 Å². The third-order valence-electron chi connectivity index (χ3n) is 6.10. The second-order valence-electron chi connectivity index (χ2n) is 7.76. The highest BCUT2D eigenvalue weighted by Gasteiger charge is 2.58. The Labute approximate surface area is 179 Å². The number of carbonyl (C=O) groups excluding carboxylic acids is 2. The van der Waals surface area contributed by atoms with Crippen molar-refractivity contribution in [2.75, 3.05) is 40.5 Å². The predicted molar refractivity (Wildman–Crippen MR) is 109 cm³/mol. The van der Waals surface area contributed by atoms with Gasteiger partial charge in [0.05, 0.1) is 43.5 Å². The van der Waals surface area contributed by atoms with Crippen LogP contribution in [0.4, 0.5) is 0 Å². The van der Waals surface area contributed by atoms with Crippen LogP contribution in [0.1, 0.15) is 24.8 Å². The van der Waals surface area contributed by atoms with E-state index in [-0.39, 0.29) is 24.9 Å². The van der Waals surface area contributed by atoms with Crippen LogP contribution in [0.2, 0.25) is 0 Å². The van der Waals surface area contributed by atoms with Crippen molar-refractivity contribution >= 4 is 34.6 Å². The summed E-state index contributed by atoms with van der Waals surface area (Å²) in [5, 5.41) is 1.44. The second kappa shape index (κ2) is 8.93. The van der Waals surface area contributed by atoms with Gasteiger partial charge in [-0.3, -0.25) is 19.3 Å². The van der Waals surface area contributed by atoms with E-state index in [1.165, 1.54) is 29.5 Å². The first-order valence-corrected chi connectivity index (χ1v) is 10.8. The van der Waals surface area contributed by atoms with Crippen molar-refractivity contribution in [1.82, 2.24) is 18.7 Å². The minimum atomic E-state index is -0.669. The Kier molecular flexibility index (Phi) is 6.28. The molecule has 0 N–H and O–H groups in total. The molecule has 1 amide bonds. The first-order valence-electron chi connectivity index (χ1n) is 10.0. The number of hydrogen-bond acceptors (Lipinski definition) is 9. The van der Waals surface area contributed by atoms with Crippen molar-refractivity contribution in [2.24, 2.45) is 5.92 Å². The lowest BCUT2D eigenvalue weighted by atomic mass is 9.77. The lowest BCUT2D eigenvalue weighted by molar-refractivity contribution is -0.227. The summed E-state index contributed by atoms with van der Waals surface area (Å²) in [6.07, 6.45) is 1.41. The fourth-order valence-corrected chi connectivity index (χ4v) is 5.05. The van der Waals surface area contributed by atoms with Gasteiger partial charge in [-0.25, -0.2) is 5.06 Å². The molecule has 1 aromatic carbocycles. The molecule has 2 aliphatic heterocycles. The molecule has 9 nitrogen and oxygen atoms in total. The maximum absolute atomic E-state index is 12.7. The lowest BCUT2D eigenvalue weighted by Gasteiger charge is -2.45. The Morgan fingerprint density at radius 1 is 1.20 bits per heavy atom. The van der Waals surface area contributed by atoms with Gasteiger partial charge in [0.15, 0.2) is 0 Å². The van der Waals surface area contributed by atoms with Crippen LogP contribution >= 0.6 is 11.7 Å². The number of amides is 1. The van der Waals surface area contributed by atoms with Gasteiger partial charge in [-0.2, -0.15) is 8.75 Å². The molecule has 2 fully saturated rings. The number of ether oxygens (including phenoxy) is 2. The molecular formula is C20H26N4O5S.